The zero-order valence-electron chi connectivity index (χ0n) is 15.8. The number of anilines is 1. The van der Waals surface area contributed by atoms with Gasteiger partial charge in [0.1, 0.15) is 0 Å². The smallest absolute Gasteiger partial charge is 0.254 e. The Morgan fingerprint density at radius 1 is 1.11 bits per heavy atom. The van der Waals surface area contributed by atoms with Gasteiger partial charge in [-0.25, -0.2) is 13.1 Å². The van der Waals surface area contributed by atoms with Crippen LogP contribution in [-0.2, 0) is 14.8 Å². The van der Waals surface area contributed by atoms with E-state index in [9.17, 15) is 18.0 Å². The molecule has 0 atom stereocenters. The Morgan fingerprint density at radius 2 is 1.79 bits per heavy atom. The van der Waals surface area contributed by atoms with Crippen LogP contribution in [0.25, 0.3) is 0 Å². The molecule has 0 unspecified atom stereocenters. The first-order valence-corrected chi connectivity index (χ1v) is 10.5. The molecule has 28 heavy (non-hydrogen) atoms. The van der Waals surface area contributed by atoms with E-state index in [0.717, 1.165) is 18.4 Å². The van der Waals surface area contributed by atoms with Gasteiger partial charge in [-0.05, 0) is 50.1 Å². The Labute approximate surface area is 164 Å². The predicted molar refractivity (Wildman–Crippen MR) is 107 cm³/mol. The number of benzene rings is 2. The van der Waals surface area contributed by atoms with Gasteiger partial charge in [0.2, 0.25) is 15.9 Å². The fourth-order valence-corrected chi connectivity index (χ4v) is 3.98. The van der Waals surface area contributed by atoms with Crippen molar-refractivity contribution in [2.45, 2.75) is 30.7 Å². The van der Waals surface area contributed by atoms with Crippen LogP contribution in [0.4, 0.5) is 5.69 Å². The number of hydrogen-bond acceptors (Lipinski definition) is 4. The molecule has 2 amide bonds. The molecule has 0 radical (unpaired) electrons. The maximum Gasteiger partial charge on any atom is 0.254 e. The van der Waals surface area contributed by atoms with Crippen LogP contribution in [0.5, 0.6) is 0 Å². The van der Waals surface area contributed by atoms with E-state index in [1.807, 2.05) is 19.1 Å². The van der Waals surface area contributed by atoms with Gasteiger partial charge in [-0.1, -0.05) is 23.8 Å². The van der Waals surface area contributed by atoms with Crippen LogP contribution in [0, 0.1) is 6.92 Å². The highest BCUT2D eigenvalue weighted by molar-refractivity contribution is 7.89. The Bertz CT molecular complexity index is 983. The van der Waals surface area contributed by atoms with Gasteiger partial charge in [0.25, 0.3) is 5.91 Å². The highest BCUT2D eigenvalue weighted by Crippen LogP contribution is 2.22. The predicted octanol–water partition coefficient (Wildman–Crippen LogP) is 2.15. The summed E-state index contributed by atoms with van der Waals surface area (Å²) in [5, 5.41) is 2.73. The van der Waals surface area contributed by atoms with Gasteiger partial charge in [0.15, 0.2) is 0 Å². The summed E-state index contributed by atoms with van der Waals surface area (Å²) in [5.74, 6) is -0.763. The Morgan fingerprint density at radius 3 is 2.43 bits per heavy atom. The van der Waals surface area contributed by atoms with Crippen LogP contribution in [0.3, 0.4) is 0 Å². The number of hydrogen-bond donors (Lipinski definition) is 2. The molecule has 0 aliphatic heterocycles. The maximum absolute atomic E-state index is 12.6. The minimum absolute atomic E-state index is 0.0162. The minimum atomic E-state index is -3.65. The topological polar surface area (TPSA) is 95.6 Å². The van der Waals surface area contributed by atoms with Gasteiger partial charge in [0.05, 0.1) is 11.4 Å². The van der Waals surface area contributed by atoms with Crippen molar-refractivity contribution < 1.29 is 18.0 Å². The largest absolute Gasteiger partial charge is 0.332 e. The van der Waals surface area contributed by atoms with Crippen molar-refractivity contribution in [3.8, 4) is 0 Å². The van der Waals surface area contributed by atoms with Gasteiger partial charge in [-0.2, -0.15) is 0 Å². The van der Waals surface area contributed by atoms with Gasteiger partial charge >= 0.3 is 0 Å². The number of likely N-dealkylation sites (N-methyl/N-ethyl adjacent to an activating group) is 1. The molecule has 2 aromatic rings. The molecule has 1 fully saturated rings. The fourth-order valence-electron chi connectivity index (χ4n) is 2.63. The number of amides is 2. The molecule has 0 bridgehead atoms. The first kappa shape index (κ1) is 20.0. The molecular weight excluding hydrogens is 378 g/mol. The van der Waals surface area contributed by atoms with E-state index in [4.69, 9.17) is 0 Å². The van der Waals surface area contributed by atoms with E-state index in [-0.39, 0.29) is 29.0 Å². The zero-order valence-corrected chi connectivity index (χ0v) is 16.6. The third kappa shape index (κ3) is 5.17. The summed E-state index contributed by atoms with van der Waals surface area (Å²) in [6.07, 6.45) is 1.66. The van der Waals surface area contributed by atoms with Gasteiger partial charge in [-0.3, -0.25) is 9.59 Å². The van der Waals surface area contributed by atoms with E-state index in [1.54, 1.807) is 12.1 Å². The molecule has 0 saturated heterocycles. The van der Waals surface area contributed by atoms with Crippen molar-refractivity contribution in [1.29, 1.82) is 0 Å². The lowest BCUT2D eigenvalue weighted by molar-refractivity contribution is -0.116. The number of aryl methyl sites for hydroxylation is 1. The SMILES string of the molecule is Cc1ccc(NC(=O)CN(C)C(=O)c2cccc(S(=O)(=O)NC3CC3)c2)cc1. The highest BCUT2D eigenvalue weighted by atomic mass is 32.2. The first-order chi connectivity index (χ1) is 13.2. The average molecular weight is 401 g/mol. The molecular formula is C20H23N3O4S. The normalized spacial score (nSPS) is 13.8. The number of sulfonamides is 1. The van der Waals surface area contributed by atoms with Crippen LogP contribution < -0.4 is 10.0 Å². The minimum Gasteiger partial charge on any atom is -0.332 e. The molecule has 2 aromatic carbocycles. The lowest BCUT2D eigenvalue weighted by atomic mass is 10.2. The zero-order chi connectivity index (χ0) is 20.3. The second kappa shape index (κ2) is 8.12. The molecule has 0 heterocycles. The van der Waals surface area contributed by atoms with E-state index in [0.29, 0.717) is 5.69 Å². The van der Waals surface area contributed by atoms with Crippen molar-refractivity contribution in [1.82, 2.24) is 9.62 Å². The second-order valence-electron chi connectivity index (χ2n) is 7.00. The second-order valence-corrected chi connectivity index (χ2v) is 8.71. The van der Waals surface area contributed by atoms with E-state index in [2.05, 4.69) is 10.0 Å². The van der Waals surface area contributed by atoms with E-state index < -0.39 is 15.9 Å². The molecule has 0 aromatic heterocycles. The molecule has 1 aliphatic rings. The molecule has 2 N–H and O–H groups in total. The van der Waals surface area contributed by atoms with Crippen LogP contribution in [-0.4, -0.2) is 44.8 Å². The number of carbonyl (C=O) groups excluding carboxylic acids is 2. The van der Waals surface area contributed by atoms with Crippen LogP contribution in [0.2, 0.25) is 0 Å². The Kier molecular flexibility index (Phi) is 5.81. The van der Waals surface area contributed by atoms with Gasteiger partial charge in [-0.15, -0.1) is 0 Å². The third-order valence-electron chi connectivity index (χ3n) is 4.35. The van der Waals surface area contributed by atoms with Crippen molar-refractivity contribution in [3.05, 3.63) is 59.7 Å². The molecule has 3 rings (SSSR count). The summed E-state index contributed by atoms with van der Waals surface area (Å²) >= 11 is 0. The Hall–Kier alpha value is -2.71. The van der Waals surface area contributed by atoms with Crippen molar-refractivity contribution in [3.63, 3.8) is 0 Å². The van der Waals surface area contributed by atoms with Gasteiger partial charge < -0.3 is 10.2 Å². The average Bonchev–Trinajstić information content (AvgIpc) is 3.46. The van der Waals surface area contributed by atoms with Crippen molar-refractivity contribution >= 4 is 27.5 Å². The quantitative estimate of drug-likeness (QED) is 0.743. The molecule has 1 aliphatic carbocycles. The van der Waals surface area contributed by atoms with E-state index in [1.165, 1.54) is 36.2 Å². The summed E-state index contributed by atoms with van der Waals surface area (Å²) in [5.41, 5.74) is 1.94. The van der Waals surface area contributed by atoms with Crippen LogP contribution >= 0.6 is 0 Å². The highest BCUT2D eigenvalue weighted by Gasteiger charge is 2.28. The number of rotatable bonds is 7. The van der Waals surface area contributed by atoms with Crippen LogP contribution in [0.1, 0.15) is 28.8 Å². The van der Waals surface area contributed by atoms with E-state index >= 15 is 0 Å². The Balaban J connectivity index is 1.64. The number of nitrogens with zero attached hydrogens (tertiary/aromatic N) is 1. The monoisotopic (exact) mass is 401 g/mol. The number of nitrogens with one attached hydrogen (secondary N) is 2. The van der Waals surface area contributed by atoms with Gasteiger partial charge in [0, 0.05) is 24.3 Å². The number of carbonyl (C=O) groups is 2. The summed E-state index contributed by atoms with van der Waals surface area (Å²) < 4.78 is 27.3. The molecule has 148 valence electrons. The maximum atomic E-state index is 12.6. The summed E-state index contributed by atoms with van der Waals surface area (Å²) in [7, 11) is -2.15. The van der Waals surface area contributed by atoms with Crippen molar-refractivity contribution in [2.75, 3.05) is 18.9 Å². The van der Waals surface area contributed by atoms with Crippen LogP contribution in [0.15, 0.2) is 53.4 Å². The molecule has 8 heteroatoms. The van der Waals surface area contributed by atoms with Crippen molar-refractivity contribution in [2.24, 2.45) is 0 Å². The molecule has 0 spiro atoms. The summed E-state index contributed by atoms with van der Waals surface area (Å²) in [6, 6.07) is 13.2. The summed E-state index contributed by atoms with van der Waals surface area (Å²) in [6.45, 7) is 1.80. The molecule has 1 saturated carbocycles. The molecule has 7 nitrogen and oxygen atoms in total. The third-order valence-corrected chi connectivity index (χ3v) is 5.87. The standard InChI is InChI=1S/C20H23N3O4S/c1-14-6-8-16(9-7-14)21-19(24)13-23(2)20(25)15-4-3-5-18(12-15)28(26,27)22-17-10-11-17/h3-9,12,17,22H,10-11,13H2,1-2H3,(H,21,24). The summed E-state index contributed by atoms with van der Waals surface area (Å²) in [4.78, 5) is 26.1. The lowest BCUT2D eigenvalue weighted by Crippen LogP contribution is -2.35. The fraction of sp³-hybridized carbons (Fsp3) is 0.300. The lowest BCUT2D eigenvalue weighted by Gasteiger charge is -2.17. The first-order valence-electron chi connectivity index (χ1n) is 8.99.